The van der Waals surface area contributed by atoms with Crippen LogP contribution in [-0.2, 0) is 11.8 Å². The number of nitrogens with zero attached hydrogens (tertiary/aromatic N) is 3. The van der Waals surface area contributed by atoms with Crippen LogP contribution in [0.5, 0.6) is 0 Å². The van der Waals surface area contributed by atoms with Gasteiger partial charge in [-0.25, -0.2) is 0 Å². The molecule has 1 heterocycles. The van der Waals surface area contributed by atoms with Crippen molar-refractivity contribution in [2.75, 3.05) is 42.9 Å². The summed E-state index contributed by atoms with van der Waals surface area (Å²) in [7, 11) is 0. The largest absolute Gasteiger partial charge is 0.379 e. The van der Waals surface area contributed by atoms with Crippen LogP contribution >= 0.6 is 0 Å². The summed E-state index contributed by atoms with van der Waals surface area (Å²) in [6.45, 7) is 9.63. The lowest BCUT2D eigenvalue weighted by atomic mass is 9.86. The summed E-state index contributed by atoms with van der Waals surface area (Å²) in [5, 5.41) is 14.8. The molecule has 3 aromatic rings. The molecule has 188 valence electrons. The van der Waals surface area contributed by atoms with Crippen LogP contribution in [0.25, 0.3) is 0 Å². The third-order valence-corrected chi connectivity index (χ3v) is 6.68. The molecule has 7 heteroatoms. The number of carbonyl (C=O) groups is 1. The molecular formula is C29H34N4O3. The maximum Gasteiger partial charge on any atom is 0.292 e. The molecule has 0 unspecified atom stereocenters. The normalized spacial score (nSPS) is 14.0. The third kappa shape index (κ3) is 6.03. The first kappa shape index (κ1) is 25.2. The van der Waals surface area contributed by atoms with E-state index in [1.807, 2.05) is 65.6 Å². The number of rotatable bonds is 7. The minimum absolute atomic E-state index is 0.0436. The van der Waals surface area contributed by atoms with Crippen LogP contribution < -0.4 is 10.2 Å². The van der Waals surface area contributed by atoms with Crippen LogP contribution in [-0.4, -0.2) is 48.5 Å². The quantitative estimate of drug-likeness (QED) is 0.352. The minimum Gasteiger partial charge on any atom is -0.379 e. The van der Waals surface area contributed by atoms with E-state index >= 15 is 0 Å². The van der Waals surface area contributed by atoms with Crippen LogP contribution in [0, 0.1) is 10.1 Å². The second kappa shape index (κ2) is 10.8. The lowest BCUT2D eigenvalue weighted by Crippen LogP contribution is -2.48. The number of nitrogens with one attached hydrogen (secondary N) is 1. The Morgan fingerprint density at radius 3 is 2.22 bits per heavy atom. The van der Waals surface area contributed by atoms with E-state index < -0.39 is 0 Å². The van der Waals surface area contributed by atoms with Crippen LogP contribution in [0.4, 0.5) is 17.1 Å². The number of anilines is 2. The smallest absolute Gasteiger partial charge is 0.292 e. The van der Waals surface area contributed by atoms with E-state index in [4.69, 9.17) is 0 Å². The van der Waals surface area contributed by atoms with Crippen molar-refractivity contribution in [3.8, 4) is 0 Å². The summed E-state index contributed by atoms with van der Waals surface area (Å²) >= 11 is 0. The van der Waals surface area contributed by atoms with Crippen molar-refractivity contribution in [3.63, 3.8) is 0 Å². The van der Waals surface area contributed by atoms with Crippen molar-refractivity contribution in [1.29, 1.82) is 0 Å². The van der Waals surface area contributed by atoms with E-state index in [-0.39, 0.29) is 21.9 Å². The van der Waals surface area contributed by atoms with Gasteiger partial charge in [-0.05, 0) is 47.2 Å². The van der Waals surface area contributed by atoms with Gasteiger partial charge >= 0.3 is 0 Å². The molecule has 1 fully saturated rings. The van der Waals surface area contributed by atoms with Gasteiger partial charge in [0.1, 0.15) is 5.69 Å². The number of benzene rings is 3. The number of hydrogen-bond donors (Lipinski definition) is 1. The van der Waals surface area contributed by atoms with Crippen molar-refractivity contribution in [1.82, 2.24) is 4.90 Å². The summed E-state index contributed by atoms with van der Waals surface area (Å²) in [5.41, 5.74) is 4.65. The zero-order valence-corrected chi connectivity index (χ0v) is 21.2. The van der Waals surface area contributed by atoms with Crippen molar-refractivity contribution >= 4 is 23.0 Å². The van der Waals surface area contributed by atoms with Crippen LogP contribution in [0.15, 0.2) is 72.8 Å². The SMILES string of the molecule is CC(C)(C)c1ccc(C(=O)N2CCN(c3ccc([N+](=O)[O-])c(NCCc4ccccc4)c3)CC2)cc1. The molecule has 1 N–H and O–H groups in total. The molecule has 0 saturated carbocycles. The Morgan fingerprint density at radius 2 is 1.61 bits per heavy atom. The molecule has 0 radical (unpaired) electrons. The Balaban J connectivity index is 1.39. The lowest BCUT2D eigenvalue weighted by molar-refractivity contribution is -0.383. The van der Waals surface area contributed by atoms with Crippen LogP contribution in [0.1, 0.15) is 42.3 Å². The molecular weight excluding hydrogens is 452 g/mol. The first-order valence-corrected chi connectivity index (χ1v) is 12.4. The molecule has 1 aliphatic rings. The number of amides is 1. The average molecular weight is 487 g/mol. The predicted molar refractivity (Wildman–Crippen MR) is 145 cm³/mol. The van der Waals surface area contributed by atoms with Gasteiger partial charge in [-0.15, -0.1) is 0 Å². The second-order valence-corrected chi connectivity index (χ2v) is 10.2. The topological polar surface area (TPSA) is 78.7 Å². The molecule has 1 amide bonds. The molecule has 36 heavy (non-hydrogen) atoms. The van der Waals surface area contributed by atoms with E-state index in [1.165, 1.54) is 11.1 Å². The zero-order valence-electron chi connectivity index (χ0n) is 21.2. The van der Waals surface area contributed by atoms with Gasteiger partial charge in [0, 0.05) is 50.0 Å². The molecule has 7 nitrogen and oxygen atoms in total. The van der Waals surface area contributed by atoms with Crippen LogP contribution in [0.2, 0.25) is 0 Å². The van der Waals surface area contributed by atoms with E-state index in [9.17, 15) is 14.9 Å². The lowest BCUT2D eigenvalue weighted by Gasteiger charge is -2.36. The number of nitro groups is 1. The Morgan fingerprint density at radius 1 is 0.944 bits per heavy atom. The van der Waals surface area contributed by atoms with E-state index in [0.717, 1.165) is 12.1 Å². The second-order valence-electron chi connectivity index (χ2n) is 10.2. The molecule has 0 atom stereocenters. The summed E-state index contributed by atoms with van der Waals surface area (Å²) in [6.07, 6.45) is 0.778. The first-order chi connectivity index (χ1) is 17.2. The monoisotopic (exact) mass is 486 g/mol. The fourth-order valence-corrected chi connectivity index (χ4v) is 4.47. The Kier molecular flexibility index (Phi) is 7.58. The fraction of sp³-hybridized carbons (Fsp3) is 0.345. The van der Waals surface area contributed by atoms with Gasteiger partial charge in [0.2, 0.25) is 0 Å². The molecule has 3 aromatic carbocycles. The van der Waals surface area contributed by atoms with Gasteiger partial charge in [0.15, 0.2) is 0 Å². The number of piperazine rings is 1. The van der Waals surface area contributed by atoms with Gasteiger partial charge in [0.05, 0.1) is 4.92 Å². The molecule has 4 rings (SSSR count). The van der Waals surface area contributed by atoms with Crippen molar-refractivity contribution in [2.45, 2.75) is 32.6 Å². The van der Waals surface area contributed by atoms with Gasteiger partial charge in [0.25, 0.3) is 11.6 Å². The Labute approximate surface area is 212 Å². The number of carbonyl (C=O) groups excluding carboxylic acids is 1. The Bertz CT molecular complexity index is 1200. The maximum atomic E-state index is 13.0. The van der Waals surface area contributed by atoms with Gasteiger partial charge < -0.3 is 15.1 Å². The number of nitro benzene ring substituents is 1. The Hall–Kier alpha value is -3.87. The summed E-state index contributed by atoms with van der Waals surface area (Å²) < 4.78 is 0. The summed E-state index contributed by atoms with van der Waals surface area (Å²) in [5.74, 6) is 0.0436. The first-order valence-electron chi connectivity index (χ1n) is 12.4. The zero-order chi connectivity index (χ0) is 25.7. The highest BCUT2D eigenvalue weighted by atomic mass is 16.6. The summed E-state index contributed by atoms with van der Waals surface area (Å²) in [4.78, 5) is 28.3. The van der Waals surface area contributed by atoms with Gasteiger partial charge in [-0.1, -0.05) is 63.2 Å². The summed E-state index contributed by atoms with van der Waals surface area (Å²) in [6, 6.07) is 23.2. The molecule has 0 aromatic heterocycles. The van der Waals surface area contributed by atoms with Crippen LogP contribution in [0.3, 0.4) is 0 Å². The fourth-order valence-electron chi connectivity index (χ4n) is 4.47. The minimum atomic E-state index is -0.351. The highest BCUT2D eigenvalue weighted by molar-refractivity contribution is 5.94. The van der Waals surface area contributed by atoms with Gasteiger partial charge in [-0.2, -0.15) is 0 Å². The van der Waals surface area contributed by atoms with Crippen molar-refractivity contribution in [2.24, 2.45) is 0 Å². The van der Waals surface area contributed by atoms with Crippen molar-refractivity contribution in [3.05, 3.63) is 99.6 Å². The molecule has 1 aliphatic heterocycles. The third-order valence-electron chi connectivity index (χ3n) is 6.68. The molecule has 0 aliphatic carbocycles. The standard InChI is InChI=1S/C29H34N4O3/c1-29(2,3)24-11-9-23(10-12-24)28(34)32-19-17-31(18-20-32)25-13-14-27(33(35)36)26(21-25)30-16-15-22-7-5-4-6-8-22/h4-14,21,30H,15-20H2,1-3H3. The van der Waals surface area contributed by atoms with Crippen molar-refractivity contribution < 1.29 is 9.72 Å². The highest BCUT2D eigenvalue weighted by Gasteiger charge is 2.24. The van der Waals surface area contributed by atoms with E-state index in [1.54, 1.807) is 12.1 Å². The van der Waals surface area contributed by atoms with E-state index in [0.29, 0.717) is 44.0 Å². The maximum absolute atomic E-state index is 13.0. The predicted octanol–water partition coefficient (Wildman–Crippen LogP) is 5.51. The highest BCUT2D eigenvalue weighted by Crippen LogP contribution is 2.30. The average Bonchev–Trinajstić information content (AvgIpc) is 2.88. The molecule has 0 spiro atoms. The number of hydrogen-bond acceptors (Lipinski definition) is 5. The van der Waals surface area contributed by atoms with E-state index in [2.05, 4.69) is 31.0 Å². The molecule has 0 bridgehead atoms. The van der Waals surface area contributed by atoms with Gasteiger partial charge in [-0.3, -0.25) is 14.9 Å². The molecule has 1 saturated heterocycles.